The van der Waals surface area contributed by atoms with Crippen molar-refractivity contribution in [2.75, 3.05) is 0 Å². The zero-order valence-corrected chi connectivity index (χ0v) is 10.5. The lowest BCUT2D eigenvalue weighted by molar-refractivity contribution is 0.419. The number of hydrogen-bond acceptors (Lipinski definition) is 2. The molecule has 1 N–H and O–H groups in total. The van der Waals surface area contributed by atoms with Gasteiger partial charge in [0.2, 0.25) is 0 Å². The van der Waals surface area contributed by atoms with E-state index in [9.17, 15) is 5.11 Å². The zero-order chi connectivity index (χ0) is 11.6. The molecule has 0 fully saturated rings. The van der Waals surface area contributed by atoms with E-state index in [1.165, 1.54) is 0 Å². The molecule has 1 aromatic heterocycles. The molecule has 15 heavy (non-hydrogen) atoms. The van der Waals surface area contributed by atoms with Crippen molar-refractivity contribution in [1.82, 2.24) is 9.78 Å². The van der Waals surface area contributed by atoms with E-state index >= 15 is 0 Å². The lowest BCUT2D eigenvalue weighted by Crippen LogP contribution is -2.18. The maximum absolute atomic E-state index is 9.97. The molecule has 0 atom stereocenters. The van der Waals surface area contributed by atoms with E-state index in [4.69, 9.17) is 0 Å². The zero-order valence-electron chi connectivity index (χ0n) is 10.5. The Labute approximate surface area is 92.1 Å². The molecule has 1 aromatic rings. The Morgan fingerprint density at radius 3 is 2.40 bits per heavy atom. The highest BCUT2D eigenvalue weighted by Gasteiger charge is 2.25. The Hall–Kier alpha value is -0.990. The lowest BCUT2D eigenvalue weighted by atomic mass is 9.91. The van der Waals surface area contributed by atoms with Gasteiger partial charge in [-0.25, -0.2) is 0 Å². The van der Waals surface area contributed by atoms with E-state index in [0.29, 0.717) is 5.75 Å². The number of rotatable bonds is 3. The van der Waals surface area contributed by atoms with Gasteiger partial charge in [-0.15, -0.1) is 0 Å². The summed E-state index contributed by atoms with van der Waals surface area (Å²) < 4.78 is 1.95. The standard InChI is InChI=1S/C12H22N2O/c1-6-7-8-14-11(12(3,4)5)10(15)9(2)13-14/h15H,6-8H2,1-5H3. The average Bonchev–Trinajstić information content (AvgIpc) is 2.38. The van der Waals surface area contributed by atoms with Crippen LogP contribution < -0.4 is 0 Å². The Morgan fingerprint density at radius 2 is 1.93 bits per heavy atom. The van der Waals surface area contributed by atoms with Crippen molar-refractivity contribution in [3.05, 3.63) is 11.4 Å². The number of hydrogen-bond donors (Lipinski definition) is 1. The molecule has 1 rings (SSSR count). The van der Waals surface area contributed by atoms with Crippen LogP contribution in [-0.2, 0) is 12.0 Å². The molecule has 0 bridgehead atoms. The van der Waals surface area contributed by atoms with Crippen molar-refractivity contribution in [2.24, 2.45) is 0 Å². The maximum Gasteiger partial charge on any atom is 0.160 e. The monoisotopic (exact) mass is 210 g/mol. The summed E-state index contributed by atoms with van der Waals surface area (Å²) in [5, 5.41) is 14.4. The predicted molar refractivity (Wildman–Crippen MR) is 62.2 cm³/mol. The first-order valence-electron chi connectivity index (χ1n) is 5.64. The highest BCUT2D eigenvalue weighted by atomic mass is 16.3. The van der Waals surface area contributed by atoms with Crippen LogP contribution in [0.1, 0.15) is 51.9 Å². The largest absolute Gasteiger partial charge is 0.504 e. The Morgan fingerprint density at radius 1 is 1.33 bits per heavy atom. The topological polar surface area (TPSA) is 38.0 Å². The molecular formula is C12H22N2O. The van der Waals surface area contributed by atoms with Crippen LogP contribution in [0.15, 0.2) is 0 Å². The van der Waals surface area contributed by atoms with E-state index < -0.39 is 0 Å². The molecule has 0 aliphatic heterocycles. The van der Waals surface area contributed by atoms with Crippen molar-refractivity contribution >= 4 is 0 Å². The van der Waals surface area contributed by atoms with Gasteiger partial charge in [0.15, 0.2) is 5.75 Å². The van der Waals surface area contributed by atoms with Crippen LogP contribution in [0.4, 0.5) is 0 Å². The second kappa shape index (κ2) is 4.25. The molecule has 0 aliphatic rings. The molecule has 1 heterocycles. The van der Waals surface area contributed by atoms with Crippen LogP contribution >= 0.6 is 0 Å². The second-order valence-electron chi connectivity index (χ2n) is 5.11. The third-order valence-corrected chi connectivity index (χ3v) is 2.53. The van der Waals surface area contributed by atoms with Crippen LogP contribution in [-0.4, -0.2) is 14.9 Å². The Balaban J connectivity index is 3.10. The van der Waals surface area contributed by atoms with Gasteiger partial charge in [0.25, 0.3) is 0 Å². The Bertz CT molecular complexity index is 334. The minimum atomic E-state index is -0.0565. The number of aryl methyl sites for hydroxylation is 2. The number of nitrogens with zero attached hydrogens (tertiary/aromatic N) is 2. The summed E-state index contributed by atoms with van der Waals surface area (Å²) in [6.07, 6.45) is 2.24. The first-order valence-corrected chi connectivity index (χ1v) is 5.64. The van der Waals surface area contributed by atoms with Gasteiger partial charge in [0.05, 0.1) is 5.69 Å². The van der Waals surface area contributed by atoms with Gasteiger partial charge in [-0.05, 0) is 13.3 Å². The quantitative estimate of drug-likeness (QED) is 0.832. The molecule has 0 unspecified atom stereocenters. The minimum absolute atomic E-state index is 0.0565. The third-order valence-electron chi connectivity index (χ3n) is 2.53. The fraction of sp³-hybridized carbons (Fsp3) is 0.750. The molecule has 0 aliphatic carbocycles. The lowest BCUT2D eigenvalue weighted by Gasteiger charge is -2.20. The molecule has 0 saturated heterocycles. The van der Waals surface area contributed by atoms with E-state index in [0.717, 1.165) is 30.8 Å². The highest BCUT2D eigenvalue weighted by Crippen LogP contribution is 2.32. The fourth-order valence-electron chi connectivity index (χ4n) is 1.78. The molecular weight excluding hydrogens is 188 g/mol. The van der Waals surface area contributed by atoms with Crippen LogP contribution in [0.3, 0.4) is 0 Å². The molecule has 0 radical (unpaired) electrons. The predicted octanol–water partition coefficient (Wildman–Crippen LogP) is 2.99. The van der Waals surface area contributed by atoms with Crippen molar-refractivity contribution in [1.29, 1.82) is 0 Å². The highest BCUT2D eigenvalue weighted by molar-refractivity contribution is 5.35. The summed E-state index contributed by atoms with van der Waals surface area (Å²) in [5.74, 6) is 0.360. The van der Waals surface area contributed by atoms with E-state index in [2.05, 4.69) is 32.8 Å². The number of aromatic hydroxyl groups is 1. The maximum atomic E-state index is 9.97. The normalized spacial score (nSPS) is 12.1. The fourth-order valence-corrected chi connectivity index (χ4v) is 1.78. The summed E-state index contributed by atoms with van der Waals surface area (Å²) >= 11 is 0. The molecule has 0 saturated carbocycles. The van der Waals surface area contributed by atoms with Crippen molar-refractivity contribution in [3.63, 3.8) is 0 Å². The summed E-state index contributed by atoms with van der Waals surface area (Å²) in [6.45, 7) is 11.2. The smallest absolute Gasteiger partial charge is 0.160 e. The summed E-state index contributed by atoms with van der Waals surface area (Å²) in [4.78, 5) is 0. The van der Waals surface area contributed by atoms with E-state index in [1.54, 1.807) is 0 Å². The van der Waals surface area contributed by atoms with Crippen LogP contribution in [0.25, 0.3) is 0 Å². The molecule has 0 spiro atoms. The number of aromatic nitrogens is 2. The summed E-state index contributed by atoms with van der Waals surface area (Å²) in [6, 6.07) is 0. The van der Waals surface area contributed by atoms with E-state index in [1.807, 2.05) is 11.6 Å². The average molecular weight is 210 g/mol. The second-order valence-corrected chi connectivity index (χ2v) is 5.11. The summed E-state index contributed by atoms with van der Waals surface area (Å²) in [7, 11) is 0. The first-order chi connectivity index (χ1) is 6.88. The van der Waals surface area contributed by atoms with Gasteiger partial charge < -0.3 is 5.11 Å². The van der Waals surface area contributed by atoms with Gasteiger partial charge >= 0.3 is 0 Å². The van der Waals surface area contributed by atoms with E-state index in [-0.39, 0.29) is 5.41 Å². The van der Waals surface area contributed by atoms with Crippen LogP contribution in [0.5, 0.6) is 5.75 Å². The number of unbranched alkanes of at least 4 members (excludes halogenated alkanes) is 1. The van der Waals surface area contributed by atoms with Crippen molar-refractivity contribution < 1.29 is 5.11 Å². The van der Waals surface area contributed by atoms with Gasteiger partial charge in [0, 0.05) is 12.0 Å². The molecule has 3 nitrogen and oxygen atoms in total. The van der Waals surface area contributed by atoms with Crippen LogP contribution in [0.2, 0.25) is 0 Å². The third kappa shape index (κ3) is 2.52. The molecule has 0 amide bonds. The van der Waals surface area contributed by atoms with Gasteiger partial charge in [-0.3, -0.25) is 4.68 Å². The van der Waals surface area contributed by atoms with Crippen LogP contribution in [0, 0.1) is 6.92 Å². The van der Waals surface area contributed by atoms with Gasteiger partial charge in [-0.2, -0.15) is 5.10 Å². The molecule has 86 valence electrons. The van der Waals surface area contributed by atoms with Crippen molar-refractivity contribution in [3.8, 4) is 5.75 Å². The Kier molecular flexibility index (Phi) is 3.42. The SMILES string of the molecule is CCCCn1nc(C)c(O)c1C(C)(C)C. The first kappa shape index (κ1) is 12.1. The summed E-state index contributed by atoms with van der Waals surface area (Å²) in [5.41, 5.74) is 1.63. The molecule has 3 heteroatoms. The van der Waals surface area contributed by atoms with Gasteiger partial charge in [0.1, 0.15) is 5.69 Å². The van der Waals surface area contributed by atoms with Crippen molar-refractivity contribution in [2.45, 2.75) is 59.4 Å². The minimum Gasteiger partial charge on any atom is -0.504 e. The van der Waals surface area contributed by atoms with Gasteiger partial charge in [-0.1, -0.05) is 34.1 Å². The molecule has 0 aromatic carbocycles.